The largest absolute Gasteiger partial charge is 0.475 e. The Morgan fingerprint density at radius 3 is 2.88 bits per heavy atom. The molecule has 2 heterocycles. The summed E-state index contributed by atoms with van der Waals surface area (Å²) in [5.41, 5.74) is 1.51. The zero-order chi connectivity index (χ0) is 11.8. The van der Waals surface area contributed by atoms with Gasteiger partial charge in [0.15, 0.2) is 0 Å². The number of hydrogen-bond acceptors (Lipinski definition) is 3. The molecule has 0 saturated carbocycles. The molecule has 0 atom stereocenters. The second kappa shape index (κ2) is 4.17. The first kappa shape index (κ1) is 10.8. The van der Waals surface area contributed by atoms with Crippen LogP contribution in [0.5, 0.6) is 0 Å². The zero-order valence-corrected chi connectivity index (χ0v) is 10.3. The van der Waals surface area contributed by atoms with Crippen molar-refractivity contribution in [3.63, 3.8) is 0 Å². The first-order valence-electron chi connectivity index (χ1n) is 5.17. The highest BCUT2D eigenvalue weighted by atomic mass is 35.5. The summed E-state index contributed by atoms with van der Waals surface area (Å²) in [5, 5.41) is 2.11. The topological polar surface area (TPSA) is 34.5 Å². The molecular formula is C12H8Cl2N2O. The Labute approximate surface area is 108 Å². The minimum atomic E-state index is 0.565. The summed E-state index contributed by atoms with van der Waals surface area (Å²) in [6, 6.07) is 5.54. The first-order chi connectivity index (χ1) is 8.25. The van der Waals surface area contributed by atoms with Crippen molar-refractivity contribution < 1.29 is 4.74 Å². The van der Waals surface area contributed by atoms with Gasteiger partial charge in [-0.15, -0.1) is 0 Å². The highest BCUT2D eigenvalue weighted by Crippen LogP contribution is 2.28. The average molecular weight is 267 g/mol. The maximum Gasteiger partial charge on any atom is 0.220 e. The molecule has 3 rings (SSSR count). The summed E-state index contributed by atoms with van der Waals surface area (Å²) >= 11 is 12.1. The summed E-state index contributed by atoms with van der Waals surface area (Å²) in [6.45, 7) is 1.26. The monoisotopic (exact) mass is 266 g/mol. The standard InChI is InChI=1S/C12H8Cl2N2O/c13-8-5-7-1-2-9(14)10(11(7)16-6-8)12-15-3-4-17-12/h1-2,5-6H,3-4H2. The number of benzene rings is 1. The van der Waals surface area contributed by atoms with Crippen LogP contribution in [-0.4, -0.2) is 24.0 Å². The van der Waals surface area contributed by atoms with Gasteiger partial charge in [-0.3, -0.25) is 4.98 Å². The van der Waals surface area contributed by atoms with Gasteiger partial charge in [0.05, 0.1) is 27.7 Å². The lowest BCUT2D eigenvalue weighted by molar-refractivity contribution is 0.348. The van der Waals surface area contributed by atoms with Crippen LogP contribution in [0.25, 0.3) is 10.9 Å². The highest BCUT2D eigenvalue weighted by molar-refractivity contribution is 6.36. The van der Waals surface area contributed by atoms with Crippen molar-refractivity contribution in [1.29, 1.82) is 0 Å². The van der Waals surface area contributed by atoms with Crippen molar-refractivity contribution in [1.82, 2.24) is 4.98 Å². The van der Waals surface area contributed by atoms with Crippen LogP contribution in [0, 0.1) is 0 Å². The molecule has 2 aromatic rings. The van der Waals surface area contributed by atoms with Crippen LogP contribution < -0.4 is 0 Å². The van der Waals surface area contributed by atoms with Crippen LogP contribution in [0.3, 0.4) is 0 Å². The van der Waals surface area contributed by atoms with Crippen LogP contribution >= 0.6 is 23.2 Å². The number of nitrogens with zero attached hydrogens (tertiary/aromatic N) is 2. The second-order valence-electron chi connectivity index (χ2n) is 3.68. The van der Waals surface area contributed by atoms with E-state index in [1.807, 2.05) is 12.1 Å². The van der Waals surface area contributed by atoms with Gasteiger partial charge in [-0.2, -0.15) is 0 Å². The van der Waals surface area contributed by atoms with Gasteiger partial charge < -0.3 is 4.74 Å². The Bertz CT molecular complexity index is 625. The predicted octanol–water partition coefficient (Wildman–Crippen LogP) is 3.32. The number of hydrogen-bond donors (Lipinski definition) is 0. The molecule has 0 bridgehead atoms. The smallest absolute Gasteiger partial charge is 0.220 e. The molecule has 0 unspecified atom stereocenters. The summed E-state index contributed by atoms with van der Waals surface area (Å²) in [6.07, 6.45) is 1.60. The average Bonchev–Trinajstić information content (AvgIpc) is 2.82. The fraction of sp³-hybridized carbons (Fsp3) is 0.167. The molecule has 1 aliphatic rings. The molecule has 1 aromatic carbocycles. The molecule has 0 saturated heterocycles. The van der Waals surface area contributed by atoms with Crippen molar-refractivity contribution in [2.24, 2.45) is 4.99 Å². The molecule has 1 aliphatic heterocycles. The lowest BCUT2D eigenvalue weighted by Crippen LogP contribution is -2.04. The Kier molecular flexibility index (Phi) is 2.65. The van der Waals surface area contributed by atoms with E-state index in [0.29, 0.717) is 29.1 Å². The van der Waals surface area contributed by atoms with E-state index in [2.05, 4.69) is 9.98 Å². The van der Waals surface area contributed by atoms with Gasteiger partial charge in [-0.05, 0) is 12.1 Å². The quantitative estimate of drug-likeness (QED) is 0.794. The van der Waals surface area contributed by atoms with Crippen LogP contribution in [0.1, 0.15) is 5.56 Å². The number of aromatic nitrogens is 1. The van der Waals surface area contributed by atoms with E-state index < -0.39 is 0 Å². The van der Waals surface area contributed by atoms with Gasteiger partial charge >= 0.3 is 0 Å². The number of halogens is 2. The van der Waals surface area contributed by atoms with Crippen LogP contribution in [0.2, 0.25) is 10.0 Å². The Morgan fingerprint density at radius 2 is 2.12 bits per heavy atom. The molecule has 0 aliphatic carbocycles. The van der Waals surface area contributed by atoms with Gasteiger partial charge in [0.1, 0.15) is 6.61 Å². The van der Waals surface area contributed by atoms with Crippen molar-refractivity contribution >= 4 is 40.0 Å². The molecule has 3 nitrogen and oxygen atoms in total. The third kappa shape index (κ3) is 1.85. The van der Waals surface area contributed by atoms with E-state index >= 15 is 0 Å². The summed E-state index contributed by atoms with van der Waals surface area (Å²) < 4.78 is 5.45. The molecule has 17 heavy (non-hydrogen) atoms. The minimum absolute atomic E-state index is 0.565. The zero-order valence-electron chi connectivity index (χ0n) is 8.78. The van der Waals surface area contributed by atoms with E-state index in [9.17, 15) is 0 Å². The summed E-state index contributed by atoms with van der Waals surface area (Å²) in [4.78, 5) is 8.59. The number of pyridine rings is 1. The fourth-order valence-corrected chi connectivity index (χ4v) is 2.24. The summed E-state index contributed by atoms with van der Waals surface area (Å²) in [5.74, 6) is 0.565. The van der Waals surface area contributed by atoms with E-state index in [0.717, 1.165) is 16.5 Å². The van der Waals surface area contributed by atoms with Crippen molar-refractivity contribution in [2.45, 2.75) is 0 Å². The Morgan fingerprint density at radius 1 is 1.24 bits per heavy atom. The van der Waals surface area contributed by atoms with Gasteiger partial charge in [0, 0.05) is 11.6 Å². The maximum atomic E-state index is 6.19. The predicted molar refractivity (Wildman–Crippen MR) is 69.1 cm³/mol. The summed E-state index contributed by atoms with van der Waals surface area (Å²) in [7, 11) is 0. The molecule has 86 valence electrons. The molecule has 0 N–H and O–H groups in total. The molecule has 0 radical (unpaired) electrons. The van der Waals surface area contributed by atoms with E-state index in [1.54, 1.807) is 12.3 Å². The van der Waals surface area contributed by atoms with Crippen molar-refractivity contribution in [3.05, 3.63) is 40.0 Å². The van der Waals surface area contributed by atoms with Gasteiger partial charge in [0.2, 0.25) is 5.90 Å². The fourth-order valence-electron chi connectivity index (χ4n) is 1.84. The molecular weight excluding hydrogens is 259 g/mol. The lowest BCUT2D eigenvalue weighted by atomic mass is 10.1. The molecule has 0 amide bonds. The van der Waals surface area contributed by atoms with E-state index in [4.69, 9.17) is 27.9 Å². The minimum Gasteiger partial charge on any atom is -0.475 e. The molecule has 0 spiro atoms. The van der Waals surface area contributed by atoms with Crippen molar-refractivity contribution in [3.8, 4) is 0 Å². The Balaban J connectivity index is 2.31. The van der Waals surface area contributed by atoms with Crippen LogP contribution in [0.4, 0.5) is 0 Å². The highest BCUT2D eigenvalue weighted by Gasteiger charge is 2.18. The van der Waals surface area contributed by atoms with Gasteiger partial charge in [-0.1, -0.05) is 29.3 Å². The Hall–Kier alpha value is -1.32. The SMILES string of the molecule is Clc1cnc2c(C3=NCCO3)c(Cl)ccc2c1. The normalized spacial score (nSPS) is 14.8. The van der Waals surface area contributed by atoms with Crippen molar-refractivity contribution in [2.75, 3.05) is 13.2 Å². The van der Waals surface area contributed by atoms with Crippen LogP contribution in [-0.2, 0) is 4.74 Å². The number of ether oxygens (including phenoxy) is 1. The molecule has 0 fully saturated rings. The van der Waals surface area contributed by atoms with Gasteiger partial charge in [-0.25, -0.2) is 4.99 Å². The number of rotatable bonds is 1. The first-order valence-corrected chi connectivity index (χ1v) is 5.93. The lowest BCUT2D eigenvalue weighted by Gasteiger charge is -2.08. The van der Waals surface area contributed by atoms with Crippen LogP contribution in [0.15, 0.2) is 29.4 Å². The second-order valence-corrected chi connectivity index (χ2v) is 4.53. The third-order valence-electron chi connectivity index (χ3n) is 2.57. The molecule has 1 aromatic heterocycles. The maximum absolute atomic E-state index is 6.19. The third-order valence-corrected chi connectivity index (χ3v) is 3.09. The van der Waals surface area contributed by atoms with Gasteiger partial charge in [0.25, 0.3) is 0 Å². The number of fused-ring (bicyclic) bond motifs is 1. The molecule has 5 heteroatoms. The number of aliphatic imine (C=N–C) groups is 1. The van der Waals surface area contributed by atoms with E-state index in [-0.39, 0.29) is 0 Å². The van der Waals surface area contributed by atoms with E-state index in [1.165, 1.54) is 0 Å².